The molecule has 3 aromatic rings. The van der Waals surface area contributed by atoms with Crippen molar-refractivity contribution in [3.63, 3.8) is 0 Å². The maximum absolute atomic E-state index is 14.1. The highest BCUT2D eigenvalue weighted by Gasteiger charge is 2.38. The van der Waals surface area contributed by atoms with Crippen molar-refractivity contribution in [2.45, 2.75) is 45.7 Å². The highest BCUT2D eigenvalue weighted by Crippen LogP contribution is 2.47. The van der Waals surface area contributed by atoms with Gasteiger partial charge in [0.25, 0.3) is 0 Å². The first-order valence-electron chi connectivity index (χ1n) is 12.2. The lowest BCUT2D eigenvalue weighted by Crippen LogP contribution is -2.44. The van der Waals surface area contributed by atoms with Crippen LogP contribution in [0, 0.1) is 11.7 Å². The van der Waals surface area contributed by atoms with Gasteiger partial charge in [0.05, 0.1) is 17.7 Å². The first kappa shape index (κ1) is 26.2. The van der Waals surface area contributed by atoms with E-state index in [4.69, 9.17) is 27.9 Å². The third kappa shape index (κ3) is 5.61. The van der Waals surface area contributed by atoms with E-state index in [0.29, 0.717) is 47.8 Å². The van der Waals surface area contributed by atoms with Crippen LogP contribution >= 0.6 is 23.2 Å². The van der Waals surface area contributed by atoms with Crippen LogP contribution in [-0.2, 0) is 6.42 Å². The molecule has 0 radical (unpaired) electrons. The molecule has 190 valence electrons. The summed E-state index contributed by atoms with van der Waals surface area (Å²) in [5.41, 5.74) is 3.79. The Bertz CT molecular complexity index is 1170. The molecule has 2 atom stereocenters. The molecule has 4 rings (SSSR count). The Labute approximate surface area is 215 Å². The molecule has 0 saturated carbocycles. The van der Waals surface area contributed by atoms with E-state index in [-0.39, 0.29) is 24.6 Å². The fourth-order valence-electron chi connectivity index (χ4n) is 5.01. The van der Waals surface area contributed by atoms with Crippen LogP contribution in [0.15, 0.2) is 30.3 Å². The average molecular weight is 524 g/mol. The molecule has 0 bridgehead atoms. The van der Waals surface area contributed by atoms with Crippen LogP contribution in [0.25, 0.3) is 10.9 Å². The Hall–Kier alpha value is -1.86. The molecule has 35 heavy (non-hydrogen) atoms. The van der Waals surface area contributed by atoms with Crippen LogP contribution < -0.4 is 10.1 Å². The summed E-state index contributed by atoms with van der Waals surface area (Å²) in [6.07, 6.45) is 1.28. The van der Waals surface area contributed by atoms with Crippen molar-refractivity contribution in [1.82, 2.24) is 15.2 Å². The predicted octanol–water partition coefficient (Wildman–Crippen LogP) is 6.93. The molecule has 1 aliphatic heterocycles. The highest BCUT2D eigenvalue weighted by molar-refractivity contribution is 6.37. The van der Waals surface area contributed by atoms with Gasteiger partial charge in [-0.1, -0.05) is 37.0 Å². The normalized spacial score (nSPS) is 18.4. The molecule has 2 aromatic carbocycles. The number of rotatable bonds is 10. The number of nitrogens with one attached hydrogen (secondary N) is 2. The van der Waals surface area contributed by atoms with Gasteiger partial charge in [0.1, 0.15) is 18.2 Å². The average Bonchev–Trinajstić information content (AvgIpc) is 3.16. The molecule has 0 spiro atoms. The van der Waals surface area contributed by atoms with Gasteiger partial charge in [-0.25, -0.2) is 4.39 Å². The number of H-pyrrole nitrogens is 1. The molecule has 2 heterocycles. The van der Waals surface area contributed by atoms with E-state index < -0.39 is 0 Å². The van der Waals surface area contributed by atoms with E-state index >= 15 is 0 Å². The lowest BCUT2D eigenvalue weighted by molar-refractivity contribution is 0.131. The Balaban J connectivity index is 1.75. The van der Waals surface area contributed by atoms with Gasteiger partial charge in [-0.05, 0) is 68.1 Å². The summed E-state index contributed by atoms with van der Waals surface area (Å²) in [7, 11) is 0. The quantitative estimate of drug-likeness (QED) is 0.283. The van der Waals surface area contributed by atoms with Crippen LogP contribution in [0.4, 0.5) is 8.78 Å². The number of ether oxygens (including phenoxy) is 1. The maximum atomic E-state index is 14.1. The summed E-state index contributed by atoms with van der Waals surface area (Å²) in [4.78, 5) is 5.98. The zero-order valence-electron chi connectivity index (χ0n) is 20.4. The monoisotopic (exact) mass is 523 g/mol. The van der Waals surface area contributed by atoms with E-state index in [1.165, 1.54) is 6.07 Å². The molecule has 0 amide bonds. The summed E-state index contributed by atoms with van der Waals surface area (Å²) in [5.74, 6) is 0.736. The van der Waals surface area contributed by atoms with Crippen molar-refractivity contribution in [3.8, 4) is 5.75 Å². The second-order valence-electron chi connectivity index (χ2n) is 9.67. The standard InChI is InChI=1S/C27H33Cl2F2N3O/c1-16(2)15-34-17(3)13-20-19-14-18(31)5-7-22(19)33-26(20)27(34)24-21(28)6-8-23(25(24)29)35-12-11-32-10-4-9-30/h5-8,14,16-17,27,32-33H,4,9-13,15H2,1-3H3/t17-,27-/m1/s1. The second-order valence-corrected chi connectivity index (χ2v) is 10.5. The molecular weight excluding hydrogens is 491 g/mol. The third-order valence-corrected chi connectivity index (χ3v) is 7.26. The number of hydrogen-bond acceptors (Lipinski definition) is 3. The van der Waals surface area contributed by atoms with Gasteiger partial charge in [0, 0.05) is 46.3 Å². The summed E-state index contributed by atoms with van der Waals surface area (Å²) >= 11 is 13.8. The number of aromatic amines is 1. The van der Waals surface area contributed by atoms with E-state index in [1.54, 1.807) is 18.2 Å². The van der Waals surface area contributed by atoms with Gasteiger partial charge in [-0.3, -0.25) is 9.29 Å². The number of fused-ring (bicyclic) bond motifs is 3. The minimum absolute atomic E-state index is 0.202. The van der Waals surface area contributed by atoms with Gasteiger partial charge in [0.15, 0.2) is 0 Å². The Kier molecular flexibility index (Phi) is 8.59. The molecule has 1 aromatic heterocycles. The second kappa shape index (κ2) is 11.5. The fraction of sp³-hybridized carbons (Fsp3) is 0.481. The van der Waals surface area contributed by atoms with Gasteiger partial charge < -0.3 is 15.0 Å². The number of aromatic nitrogens is 1. The third-order valence-electron chi connectivity index (χ3n) is 6.54. The summed E-state index contributed by atoms with van der Waals surface area (Å²) < 4.78 is 32.4. The number of hydrogen-bond donors (Lipinski definition) is 2. The molecule has 0 fully saturated rings. The SMILES string of the molecule is CC(C)CN1[C@H](c2c(Cl)ccc(OCCNCCCF)c2Cl)c2[nH]c3ccc(F)cc3c2C[C@H]1C. The lowest BCUT2D eigenvalue weighted by atomic mass is 9.87. The number of halogens is 4. The molecule has 4 nitrogen and oxygen atoms in total. The number of nitrogens with zero attached hydrogens (tertiary/aromatic N) is 1. The lowest BCUT2D eigenvalue weighted by Gasteiger charge is -2.42. The Morgan fingerprint density at radius 2 is 2.00 bits per heavy atom. The van der Waals surface area contributed by atoms with Crippen molar-refractivity contribution in [1.29, 1.82) is 0 Å². The molecule has 0 aliphatic carbocycles. The molecular formula is C27H33Cl2F2N3O. The molecule has 2 N–H and O–H groups in total. The Morgan fingerprint density at radius 1 is 1.20 bits per heavy atom. The van der Waals surface area contributed by atoms with Crippen LogP contribution in [0.1, 0.15) is 50.1 Å². The molecule has 1 aliphatic rings. The van der Waals surface area contributed by atoms with Crippen LogP contribution in [0.2, 0.25) is 10.0 Å². The minimum atomic E-state index is -0.338. The maximum Gasteiger partial charge on any atom is 0.138 e. The van der Waals surface area contributed by atoms with E-state index in [2.05, 4.69) is 36.0 Å². The summed E-state index contributed by atoms with van der Waals surface area (Å²) in [6.45, 7) is 8.69. The molecule has 8 heteroatoms. The first-order chi connectivity index (χ1) is 16.8. The minimum Gasteiger partial charge on any atom is -0.491 e. The van der Waals surface area contributed by atoms with Gasteiger partial charge in [-0.2, -0.15) is 0 Å². The highest BCUT2D eigenvalue weighted by atomic mass is 35.5. The van der Waals surface area contributed by atoms with Gasteiger partial charge >= 0.3 is 0 Å². The number of benzene rings is 2. The van der Waals surface area contributed by atoms with Gasteiger partial charge in [0.2, 0.25) is 0 Å². The Morgan fingerprint density at radius 3 is 2.74 bits per heavy atom. The van der Waals surface area contributed by atoms with Crippen LogP contribution in [-0.4, -0.2) is 48.8 Å². The van der Waals surface area contributed by atoms with Crippen molar-refractivity contribution in [3.05, 3.63) is 63.0 Å². The van der Waals surface area contributed by atoms with Crippen molar-refractivity contribution in [2.24, 2.45) is 5.92 Å². The van der Waals surface area contributed by atoms with E-state index in [9.17, 15) is 8.78 Å². The van der Waals surface area contributed by atoms with Crippen molar-refractivity contribution < 1.29 is 13.5 Å². The number of alkyl halides is 1. The van der Waals surface area contributed by atoms with Crippen LogP contribution in [0.3, 0.4) is 0 Å². The molecule has 0 unspecified atom stereocenters. The van der Waals surface area contributed by atoms with E-state index in [0.717, 1.165) is 40.7 Å². The first-order valence-corrected chi connectivity index (χ1v) is 13.0. The largest absolute Gasteiger partial charge is 0.491 e. The molecule has 0 saturated heterocycles. The topological polar surface area (TPSA) is 40.3 Å². The van der Waals surface area contributed by atoms with Crippen molar-refractivity contribution in [2.75, 3.05) is 32.9 Å². The van der Waals surface area contributed by atoms with Crippen molar-refractivity contribution >= 4 is 34.1 Å². The van der Waals surface area contributed by atoms with Gasteiger partial charge in [-0.15, -0.1) is 0 Å². The zero-order chi connectivity index (χ0) is 25.1. The zero-order valence-corrected chi connectivity index (χ0v) is 21.9. The summed E-state index contributed by atoms with van der Waals surface area (Å²) in [6, 6.07) is 8.46. The van der Waals surface area contributed by atoms with Crippen LogP contribution in [0.5, 0.6) is 5.75 Å². The summed E-state index contributed by atoms with van der Waals surface area (Å²) in [5, 5.41) is 5.10. The predicted molar refractivity (Wildman–Crippen MR) is 140 cm³/mol. The van der Waals surface area contributed by atoms with E-state index in [1.807, 2.05) is 6.07 Å². The smallest absolute Gasteiger partial charge is 0.138 e. The fourth-order valence-corrected chi connectivity index (χ4v) is 5.64.